The van der Waals surface area contributed by atoms with Crippen molar-refractivity contribution < 1.29 is 13.2 Å². The van der Waals surface area contributed by atoms with Crippen LogP contribution in [0.4, 0.5) is 10.8 Å². The molecule has 0 aliphatic carbocycles. The normalized spacial score (nSPS) is 11.1. The summed E-state index contributed by atoms with van der Waals surface area (Å²) < 4.78 is 27.1. The van der Waals surface area contributed by atoms with E-state index in [1.807, 2.05) is 13.0 Å². The molecule has 3 rings (SSSR count). The maximum absolute atomic E-state index is 12.3. The number of rotatable bonds is 5. The molecule has 0 saturated heterocycles. The van der Waals surface area contributed by atoms with E-state index in [2.05, 4.69) is 15.0 Å². The molecule has 1 aromatic heterocycles. The van der Waals surface area contributed by atoms with Crippen LogP contribution >= 0.6 is 11.3 Å². The summed E-state index contributed by atoms with van der Waals surface area (Å²) in [5, 5.41) is 4.34. The summed E-state index contributed by atoms with van der Waals surface area (Å²) in [5.74, 6) is -0.400. The third kappa shape index (κ3) is 4.23. The average Bonchev–Trinajstić information content (AvgIpc) is 3.04. The van der Waals surface area contributed by atoms with Crippen molar-refractivity contribution in [3.63, 3.8) is 0 Å². The number of aromatic nitrogens is 1. The van der Waals surface area contributed by atoms with Gasteiger partial charge in [-0.1, -0.05) is 35.9 Å². The first kappa shape index (κ1) is 17.1. The molecule has 25 heavy (non-hydrogen) atoms. The van der Waals surface area contributed by atoms with Crippen LogP contribution in [0.5, 0.6) is 0 Å². The highest BCUT2D eigenvalue weighted by Crippen LogP contribution is 2.21. The number of thiazole rings is 1. The van der Waals surface area contributed by atoms with Gasteiger partial charge >= 0.3 is 0 Å². The first-order valence-electron chi connectivity index (χ1n) is 7.35. The molecule has 8 heteroatoms. The van der Waals surface area contributed by atoms with Gasteiger partial charge in [0.05, 0.1) is 4.90 Å². The van der Waals surface area contributed by atoms with Crippen molar-refractivity contribution >= 4 is 38.1 Å². The Hall–Kier alpha value is -2.71. The summed E-state index contributed by atoms with van der Waals surface area (Å²) in [6.07, 6.45) is 0. The van der Waals surface area contributed by atoms with Crippen LogP contribution in [0.15, 0.2) is 64.9 Å². The zero-order chi connectivity index (χ0) is 17.9. The number of carbonyl (C=O) groups excluding carboxylic acids is 1. The summed E-state index contributed by atoms with van der Waals surface area (Å²) in [5.41, 5.74) is 1.76. The Kier molecular flexibility index (Phi) is 4.82. The van der Waals surface area contributed by atoms with E-state index < -0.39 is 15.9 Å². The molecular weight excluding hydrogens is 358 g/mol. The van der Waals surface area contributed by atoms with Crippen molar-refractivity contribution in [1.82, 2.24) is 4.98 Å². The monoisotopic (exact) mass is 373 g/mol. The molecule has 0 fully saturated rings. The molecule has 0 atom stereocenters. The van der Waals surface area contributed by atoms with Crippen molar-refractivity contribution in [2.45, 2.75) is 11.8 Å². The van der Waals surface area contributed by atoms with Gasteiger partial charge in [0.15, 0.2) is 5.13 Å². The molecule has 128 valence electrons. The summed E-state index contributed by atoms with van der Waals surface area (Å²) in [7, 11) is -3.74. The molecule has 6 nitrogen and oxygen atoms in total. The fourth-order valence-corrected chi connectivity index (χ4v) is 3.98. The minimum absolute atomic E-state index is 0.138. The standard InChI is InChI=1S/C17H15N3O3S2/c1-12-7-9-14(10-8-12)25(22,23)20-17-19-15(11-24-17)16(21)18-13-5-3-2-4-6-13/h2-11H,1H3,(H,18,21)(H,19,20). The largest absolute Gasteiger partial charge is 0.321 e. The van der Waals surface area contributed by atoms with Gasteiger partial charge in [-0.3, -0.25) is 9.52 Å². The molecule has 0 spiro atoms. The molecule has 1 heterocycles. The van der Waals surface area contributed by atoms with E-state index in [0.717, 1.165) is 16.9 Å². The zero-order valence-electron chi connectivity index (χ0n) is 13.3. The Morgan fingerprint density at radius 1 is 1.04 bits per heavy atom. The molecule has 0 bridgehead atoms. The van der Waals surface area contributed by atoms with Crippen LogP contribution in [0, 0.1) is 6.92 Å². The molecule has 0 aliphatic rings. The van der Waals surface area contributed by atoms with E-state index in [-0.39, 0.29) is 15.7 Å². The fourth-order valence-electron chi connectivity index (χ4n) is 2.03. The average molecular weight is 373 g/mol. The minimum atomic E-state index is -3.74. The number of anilines is 2. The molecule has 2 N–H and O–H groups in total. The molecule has 0 saturated carbocycles. The predicted molar refractivity (Wildman–Crippen MR) is 98.5 cm³/mol. The Labute approximate surface area is 149 Å². The molecule has 2 aromatic carbocycles. The molecule has 0 radical (unpaired) electrons. The number of aryl methyl sites for hydroxylation is 1. The summed E-state index contributed by atoms with van der Waals surface area (Å²) in [4.78, 5) is 16.3. The van der Waals surface area contributed by atoms with E-state index in [1.165, 1.54) is 17.5 Å². The van der Waals surface area contributed by atoms with Gasteiger partial charge < -0.3 is 5.32 Å². The van der Waals surface area contributed by atoms with Gasteiger partial charge in [-0.2, -0.15) is 0 Å². The highest BCUT2D eigenvalue weighted by Gasteiger charge is 2.17. The van der Waals surface area contributed by atoms with Crippen molar-refractivity contribution in [2.75, 3.05) is 10.0 Å². The molecular formula is C17H15N3O3S2. The maximum Gasteiger partial charge on any atom is 0.275 e. The lowest BCUT2D eigenvalue weighted by atomic mass is 10.2. The van der Waals surface area contributed by atoms with Gasteiger partial charge in [0, 0.05) is 11.1 Å². The van der Waals surface area contributed by atoms with Crippen molar-refractivity contribution in [2.24, 2.45) is 0 Å². The van der Waals surface area contributed by atoms with Crippen LogP contribution in [0.2, 0.25) is 0 Å². The molecule has 0 aliphatic heterocycles. The van der Waals surface area contributed by atoms with E-state index in [9.17, 15) is 13.2 Å². The van der Waals surface area contributed by atoms with Crippen LogP contribution in [0.25, 0.3) is 0 Å². The Bertz CT molecular complexity index is 981. The number of para-hydroxylation sites is 1. The van der Waals surface area contributed by atoms with Crippen molar-refractivity contribution in [3.8, 4) is 0 Å². The fraction of sp³-hybridized carbons (Fsp3) is 0.0588. The van der Waals surface area contributed by atoms with Crippen LogP contribution in [0.1, 0.15) is 16.1 Å². The van der Waals surface area contributed by atoms with Crippen LogP contribution < -0.4 is 10.0 Å². The second-order valence-corrected chi connectivity index (χ2v) is 7.82. The van der Waals surface area contributed by atoms with E-state index in [0.29, 0.717) is 5.69 Å². The second kappa shape index (κ2) is 7.04. The Morgan fingerprint density at radius 3 is 2.40 bits per heavy atom. The van der Waals surface area contributed by atoms with E-state index in [4.69, 9.17) is 0 Å². The van der Waals surface area contributed by atoms with Gasteiger partial charge in [0.25, 0.3) is 15.9 Å². The lowest BCUT2D eigenvalue weighted by Crippen LogP contribution is -2.14. The number of benzene rings is 2. The third-order valence-electron chi connectivity index (χ3n) is 3.32. The topological polar surface area (TPSA) is 88.2 Å². The smallest absolute Gasteiger partial charge is 0.275 e. The van der Waals surface area contributed by atoms with Crippen LogP contribution in [-0.2, 0) is 10.0 Å². The van der Waals surface area contributed by atoms with Gasteiger partial charge in [-0.15, -0.1) is 11.3 Å². The maximum atomic E-state index is 12.3. The second-order valence-electron chi connectivity index (χ2n) is 5.28. The summed E-state index contributed by atoms with van der Waals surface area (Å²) in [6, 6.07) is 15.4. The number of carbonyl (C=O) groups is 1. The van der Waals surface area contributed by atoms with Crippen molar-refractivity contribution in [3.05, 3.63) is 71.2 Å². The first-order chi connectivity index (χ1) is 11.9. The van der Waals surface area contributed by atoms with Gasteiger partial charge in [-0.05, 0) is 31.2 Å². The number of sulfonamides is 1. The number of nitrogens with zero attached hydrogens (tertiary/aromatic N) is 1. The van der Waals surface area contributed by atoms with Crippen LogP contribution in [-0.4, -0.2) is 19.3 Å². The zero-order valence-corrected chi connectivity index (χ0v) is 14.9. The minimum Gasteiger partial charge on any atom is -0.321 e. The Balaban J connectivity index is 1.73. The number of hydrogen-bond donors (Lipinski definition) is 2. The van der Waals surface area contributed by atoms with Crippen LogP contribution in [0.3, 0.4) is 0 Å². The first-order valence-corrected chi connectivity index (χ1v) is 9.72. The lowest BCUT2D eigenvalue weighted by molar-refractivity contribution is 0.102. The SMILES string of the molecule is Cc1ccc(S(=O)(=O)Nc2nc(C(=O)Nc3ccccc3)cs2)cc1. The van der Waals surface area contributed by atoms with Gasteiger partial charge in [-0.25, -0.2) is 13.4 Å². The lowest BCUT2D eigenvalue weighted by Gasteiger charge is -2.05. The number of nitrogens with one attached hydrogen (secondary N) is 2. The number of amides is 1. The number of hydrogen-bond acceptors (Lipinski definition) is 5. The Morgan fingerprint density at radius 2 is 1.72 bits per heavy atom. The summed E-state index contributed by atoms with van der Waals surface area (Å²) in [6.45, 7) is 1.88. The highest BCUT2D eigenvalue weighted by atomic mass is 32.2. The third-order valence-corrected chi connectivity index (χ3v) is 5.56. The van der Waals surface area contributed by atoms with E-state index >= 15 is 0 Å². The quantitative estimate of drug-likeness (QED) is 0.716. The highest BCUT2D eigenvalue weighted by molar-refractivity contribution is 7.93. The van der Waals surface area contributed by atoms with Crippen molar-refractivity contribution in [1.29, 1.82) is 0 Å². The predicted octanol–water partition coefficient (Wildman–Crippen LogP) is 3.50. The van der Waals surface area contributed by atoms with Gasteiger partial charge in [0.1, 0.15) is 5.69 Å². The van der Waals surface area contributed by atoms with E-state index in [1.54, 1.807) is 36.4 Å². The summed E-state index contributed by atoms with van der Waals surface area (Å²) >= 11 is 1.05. The molecule has 1 amide bonds. The molecule has 3 aromatic rings. The van der Waals surface area contributed by atoms with Gasteiger partial charge in [0.2, 0.25) is 0 Å². The molecule has 0 unspecified atom stereocenters.